The number of ether oxygens (including phenoxy) is 3. The largest absolute Gasteiger partial charge is 0.493 e. The first-order chi connectivity index (χ1) is 18.6. The van der Waals surface area contributed by atoms with E-state index in [1.54, 1.807) is 31.4 Å². The molecule has 6 nitrogen and oxygen atoms in total. The minimum Gasteiger partial charge on any atom is -0.493 e. The molecular weight excluding hydrogens is 476 g/mol. The molecular formula is C32H28N2O4. The molecule has 190 valence electrons. The molecule has 4 aromatic rings. The van der Waals surface area contributed by atoms with Crippen LogP contribution in [0, 0.1) is 18.3 Å². The van der Waals surface area contributed by atoms with Gasteiger partial charge in [0.15, 0.2) is 11.5 Å². The number of nitriles is 1. The number of aryl methyl sites for hydroxylation is 1. The van der Waals surface area contributed by atoms with Gasteiger partial charge in [0, 0.05) is 11.3 Å². The van der Waals surface area contributed by atoms with Gasteiger partial charge in [0.2, 0.25) is 0 Å². The van der Waals surface area contributed by atoms with Crippen molar-refractivity contribution in [2.45, 2.75) is 20.1 Å². The van der Waals surface area contributed by atoms with Gasteiger partial charge in [-0.3, -0.25) is 4.79 Å². The zero-order valence-electron chi connectivity index (χ0n) is 21.3. The number of hydrogen-bond donors (Lipinski definition) is 1. The number of carbonyl (C=O) groups excluding carboxylic acids is 1. The Bertz CT molecular complexity index is 1460. The van der Waals surface area contributed by atoms with Crippen LogP contribution in [0.4, 0.5) is 5.69 Å². The Balaban J connectivity index is 1.44. The molecule has 0 aliphatic carbocycles. The molecule has 0 spiro atoms. The van der Waals surface area contributed by atoms with Gasteiger partial charge in [-0.15, -0.1) is 0 Å². The Labute approximate surface area is 222 Å². The second kappa shape index (κ2) is 12.8. The van der Waals surface area contributed by atoms with Crippen LogP contribution in [0.2, 0.25) is 0 Å². The molecule has 0 radical (unpaired) electrons. The molecule has 0 bridgehead atoms. The molecule has 0 fully saturated rings. The monoisotopic (exact) mass is 504 g/mol. The van der Waals surface area contributed by atoms with Crippen LogP contribution in [-0.4, -0.2) is 13.0 Å². The van der Waals surface area contributed by atoms with E-state index in [2.05, 4.69) is 5.32 Å². The zero-order chi connectivity index (χ0) is 26.7. The number of rotatable bonds is 10. The highest BCUT2D eigenvalue weighted by Crippen LogP contribution is 2.30. The Hall–Kier alpha value is -5.02. The standard InChI is InChI=1S/C32H28N2O4/c1-23-12-15-28(16-13-23)34-32(35)27(20-33)19-26-10-6-7-11-29(26)37-22-25-14-17-30(31(18-25)36-2)38-21-24-8-4-3-5-9-24/h3-19H,21-22H2,1-2H3,(H,34,35)/b27-19-. The van der Waals surface area contributed by atoms with Crippen molar-refractivity contribution in [1.82, 2.24) is 0 Å². The van der Waals surface area contributed by atoms with E-state index in [0.717, 1.165) is 16.7 Å². The van der Waals surface area contributed by atoms with Crippen LogP contribution in [0.5, 0.6) is 17.2 Å². The van der Waals surface area contributed by atoms with E-state index in [1.165, 1.54) is 6.08 Å². The van der Waals surface area contributed by atoms with E-state index >= 15 is 0 Å². The molecule has 0 heterocycles. The summed E-state index contributed by atoms with van der Waals surface area (Å²) in [5, 5.41) is 12.4. The van der Waals surface area contributed by atoms with Crippen molar-refractivity contribution in [1.29, 1.82) is 5.26 Å². The molecule has 0 saturated heterocycles. The minimum absolute atomic E-state index is 0.0248. The molecule has 38 heavy (non-hydrogen) atoms. The fraction of sp³-hybridized carbons (Fsp3) is 0.125. The average molecular weight is 505 g/mol. The lowest BCUT2D eigenvalue weighted by molar-refractivity contribution is -0.112. The highest BCUT2D eigenvalue weighted by atomic mass is 16.5. The van der Waals surface area contributed by atoms with Gasteiger partial charge in [-0.1, -0.05) is 72.3 Å². The first-order valence-corrected chi connectivity index (χ1v) is 12.1. The predicted octanol–water partition coefficient (Wildman–Crippen LogP) is 6.71. The molecule has 4 rings (SSSR count). The van der Waals surface area contributed by atoms with E-state index in [4.69, 9.17) is 14.2 Å². The van der Waals surface area contributed by atoms with Crippen molar-refractivity contribution < 1.29 is 19.0 Å². The van der Waals surface area contributed by atoms with E-state index in [1.807, 2.05) is 85.8 Å². The first-order valence-electron chi connectivity index (χ1n) is 12.1. The summed E-state index contributed by atoms with van der Waals surface area (Å²) in [7, 11) is 1.60. The molecule has 0 unspecified atom stereocenters. The van der Waals surface area contributed by atoms with Crippen LogP contribution in [-0.2, 0) is 18.0 Å². The van der Waals surface area contributed by atoms with Gasteiger partial charge in [-0.2, -0.15) is 5.26 Å². The van der Waals surface area contributed by atoms with Gasteiger partial charge in [-0.05, 0) is 54.5 Å². The number of hydrogen-bond acceptors (Lipinski definition) is 5. The summed E-state index contributed by atoms with van der Waals surface area (Å²) in [6, 6.07) is 32.2. The fourth-order valence-electron chi connectivity index (χ4n) is 3.69. The minimum atomic E-state index is -0.484. The quantitative estimate of drug-likeness (QED) is 0.192. The average Bonchev–Trinajstić information content (AvgIpc) is 2.96. The molecule has 0 aliphatic heterocycles. The molecule has 6 heteroatoms. The lowest BCUT2D eigenvalue weighted by atomic mass is 10.1. The van der Waals surface area contributed by atoms with Gasteiger partial charge >= 0.3 is 0 Å². The number of nitrogens with one attached hydrogen (secondary N) is 1. The number of methoxy groups -OCH3 is 1. The summed E-state index contributed by atoms with van der Waals surface area (Å²) < 4.78 is 17.5. The summed E-state index contributed by atoms with van der Waals surface area (Å²) in [6.07, 6.45) is 1.53. The fourth-order valence-corrected chi connectivity index (χ4v) is 3.69. The van der Waals surface area contributed by atoms with Crippen LogP contribution in [0.15, 0.2) is 103 Å². The number of anilines is 1. The third-order valence-electron chi connectivity index (χ3n) is 5.75. The number of benzene rings is 4. The maximum atomic E-state index is 12.7. The molecule has 1 N–H and O–H groups in total. The van der Waals surface area contributed by atoms with Gasteiger partial charge in [0.25, 0.3) is 5.91 Å². The van der Waals surface area contributed by atoms with Gasteiger partial charge in [0.05, 0.1) is 7.11 Å². The first kappa shape index (κ1) is 26.1. The van der Waals surface area contributed by atoms with Gasteiger partial charge < -0.3 is 19.5 Å². The molecule has 0 atom stereocenters. The van der Waals surface area contributed by atoms with Crippen molar-refractivity contribution in [3.05, 3.63) is 125 Å². The van der Waals surface area contributed by atoms with Crippen LogP contribution < -0.4 is 19.5 Å². The maximum Gasteiger partial charge on any atom is 0.266 e. The highest BCUT2D eigenvalue weighted by molar-refractivity contribution is 6.09. The molecule has 4 aromatic carbocycles. The Kier molecular flexibility index (Phi) is 8.77. The zero-order valence-corrected chi connectivity index (χ0v) is 21.3. The van der Waals surface area contributed by atoms with Gasteiger partial charge in [0.1, 0.15) is 30.6 Å². The van der Waals surface area contributed by atoms with Crippen LogP contribution in [0.3, 0.4) is 0 Å². The highest BCUT2D eigenvalue weighted by Gasteiger charge is 2.12. The number of carbonyl (C=O) groups is 1. The topological polar surface area (TPSA) is 80.6 Å². The molecule has 0 aliphatic rings. The SMILES string of the molecule is COc1cc(COc2ccccc2/C=C(/C#N)C(=O)Nc2ccc(C)cc2)ccc1OCc1ccccc1. The van der Waals surface area contributed by atoms with Crippen LogP contribution >= 0.6 is 0 Å². The number of amides is 1. The summed E-state index contributed by atoms with van der Waals surface area (Å²) in [5.74, 6) is 1.31. The lowest BCUT2D eigenvalue weighted by Gasteiger charge is -2.14. The van der Waals surface area contributed by atoms with Crippen LogP contribution in [0.1, 0.15) is 22.3 Å². The maximum absolute atomic E-state index is 12.7. The van der Waals surface area contributed by atoms with E-state index in [-0.39, 0.29) is 12.2 Å². The third kappa shape index (κ3) is 7.02. The number of nitrogens with zero attached hydrogens (tertiary/aromatic N) is 1. The third-order valence-corrected chi connectivity index (χ3v) is 5.75. The second-order valence-electron chi connectivity index (χ2n) is 8.58. The van der Waals surface area contributed by atoms with Gasteiger partial charge in [-0.25, -0.2) is 0 Å². The Morgan fingerprint density at radius 3 is 2.24 bits per heavy atom. The molecule has 0 saturated carbocycles. The smallest absolute Gasteiger partial charge is 0.266 e. The normalized spacial score (nSPS) is 10.8. The van der Waals surface area contributed by atoms with E-state index in [9.17, 15) is 10.1 Å². The Morgan fingerprint density at radius 1 is 0.816 bits per heavy atom. The van der Waals surface area contributed by atoms with Crippen molar-refractivity contribution in [2.24, 2.45) is 0 Å². The van der Waals surface area contributed by atoms with E-state index < -0.39 is 5.91 Å². The summed E-state index contributed by atoms with van der Waals surface area (Å²) in [6.45, 7) is 2.66. The van der Waals surface area contributed by atoms with E-state index in [0.29, 0.717) is 35.1 Å². The second-order valence-corrected chi connectivity index (χ2v) is 8.58. The van der Waals surface area contributed by atoms with Crippen molar-refractivity contribution in [3.8, 4) is 23.3 Å². The summed E-state index contributed by atoms with van der Waals surface area (Å²) >= 11 is 0. The molecule has 1 amide bonds. The van der Waals surface area contributed by atoms with Crippen molar-refractivity contribution in [3.63, 3.8) is 0 Å². The summed E-state index contributed by atoms with van der Waals surface area (Å²) in [5.41, 5.74) is 4.25. The van der Waals surface area contributed by atoms with Crippen molar-refractivity contribution in [2.75, 3.05) is 12.4 Å². The van der Waals surface area contributed by atoms with Crippen molar-refractivity contribution >= 4 is 17.7 Å². The summed E-state index contributed by atoms with van der Waals surface area (Å²) in [4.78, 5) is 12.7. The number of para-hydroxylation sites is 1. The molecule has 0 aromatic heterocycles. The Morgan fingerprint density at radius 2 is 1.50 bits per heavy atom. The predicted molar refractivity (Wildman–Crippen MR) is 148 cm³/mol. The lowest BCUT2D eigenvalue weighted by Crippen LogP contribution is -2.13. The van der Waals surface area contributed by atoms with Crippen LogP contribution in [0.25, 0.3) is 6.08 Å².